The molecular weight excluding hydrogens is 183 g/mol. The molecule has 6 heteroatoms. The monoisotopic (exact) mass is 200 g/mol. The Morgan fingerprint density at radius 3 is 1.60 bits per heavy atom. The van der Waals surface area contributed by atoms with E-state index in [0.29, 0.717) is 0 Å². The summed E-state index contributed by atoms with van der Waals surface area (Å²) in [5.41, 5.74) is 0. The van der Waals surface area contributed by atoms with Gasteiger partial charge in [0.25, 0.3) is 0 Å². The molecule has 10 heavy (non-hydrogen) atoms. The molecule has 1 atom stereocenters. The first-order valence-electron chi connectivity index (χ1n) is 2.60. The highest BCUT2D eigenvalue weighted by Gasteiger charge is 2.19. The van der Waals surface area contributed by atoms with E-state index in [2.05, 4.69) is 0 Å². The average molecular weight is 201 g/mol. The molecular formula is C4H17MgO3PS. The van der Waals surface area contributed by atoms with Crippen molar-refractivity contribution >= 4 is 40.7 Å². The van der Waals surface area contributed by atoms with Crippen LogP contribution in [0.5, 0.6) is 0 Å². The molecule has 0 rings (SSSR count). The fourth-order valence-corrected chi connectivity index (χ4v) is 2.81. The SMILES string of the molecule is C[SH](C)(C)(C)O[PH](=O)O.[MgH2]. The zero-order valence-corrected chi connectivity index (χ0v) is 8.11. The smallest absolute Gasteiger partial charge is 0.324 e. The molecule has 0 amide bonds. The first kappa shape index (κ1) is 13.8. The topological polar surface area (TPSA) is 46.5 Å². The van der Waals surface area contributed by atoms with Gasteiger partial charge in [0, 0.05) is 0 Å². The van der Waals surface area contributed by atoms with Gasteiger partial charge in [0.2, 0.25) is 0 Å². The molecule has 1 unspecified atom stereocenters. The molecule has 0 heterocycles. The van der Waals surface area contributed by atoms with Crippen molar-refractivity contribution in [3.8, 4) is 0 Å². The third-order valence-corrected chi connectivity index (χ3v) is 3.99. The van der Waals surface area contributed by atoms with Gasteiger partial charge < -0.3 is 4.89 Å². The van der Waals surface area contributed by atoms with Gasteiger partial charge in [0.05, 0.1) is 0 Å². The van der Waals surface area contributed by atoms with E-state index in [1.165, 1.54) is 0 Å². The molecule has 0 aromatic rings. The molecule has 0 aliphatic heterocycles. The number of hydrogen-bond donors (Lipinski definition) is 2. The van der Waals surface area contributed by atoms with Crippen LogP contribution in [0.4, 0.5) is 0 Å². The van der Waals surface area contributed by atoms with Gasteiger partial charge >= 0.3 is 31.3 Å². The Labute approximate surface area is 79.1 Å². The van der Waals surface area contributed by atoms with Gasteiger partial charge in [-0.3, -0.25) is 8.54 Å². The molecule has 0 aromatic carbocycles. The summed E-state index contributed by atoms with van der Waals surface area (Å²) < 4.78 is 15.1. The fourth-order valence-electron chi connectivity index (χ4n) is 0.312. The molecule has 0 spiro atoms. The first-order valence-corrected chi connectivity index (χ1v) is 7.81. The zero-order chi connectivity index (χ0) is 7.73. The van der Waals surface area contributed by atoms with Crippen molar-refractivity contribution in [2.75, 3.05) is 25.0 Å². The lowest BCUT2D eigenvalue weighted by atomic mass is 11.8. The van der Waals surface area contributed by atoms with Gasteiger partial charge in [-0.2, -0.15) is 0 Å². The van der Waals surface area contributed by atoms with Crippen LogP contribution in [-0.2, 0) is 8.54 Å². The lowest BCUT2D eigenvalue weighted by molar-refractivity contribution is 0.426. The van der Waals surface area contributed by atoms with Crippen molar-refractivity contribution in [3.63, 3.8) is 0 Å². The summed E-state index contributed by atoms with van der Waals surface area (Å²) in [5.74, 6) is 0. The van der Waals surface area contributed by atoms with Gasteiger partial charge in [-0.1, -0.05) is 0 Å². The Morgan fingerprint density at radius 2 is 1.60 bits per heavy atom. The average Bonchev–Trinajstić information content (AvgIpc) is 1.16. The van der Waals surface area contributed by atoms with Crippen LogP contribution in [-0.4, -0.2) is 53.0 Å². The van der Waals surface area contributed by atoms with Crippen LogP contribution in [0, 0.1) is 0 Å². The van der Waals surface area contributed by atoms with E-state index in [0.717, 1.165) is 0 Å². The molecule has 0 aliphatic rings. The highest BCUT2D eigenvalue weighted by Crippen LogP contribution is 2.61. The van der Waals surface area contributed by atoms with Crippen molar-refractivity contribution in [1.29, 1.82) is 0 Å². The van der Waals surface area contributed by atoms with Crippen molar-refractivity contribution < 1.29 is 13.4 Å². The molecule has 64 valence electrons. The van der Waals surface area contributed by atoms with E-state index in [9.17, 15) is 4.57 Å². The van der Waals surface area contributed by atoms with Crippen LogP contribution < -0.4 is 0 Å². The summed E-state index contributed by atoms with van der Waals surface area (Å²) in [7, 11) is -4.93. The maximum atomic E-state index is 10.2. The Hall–Kier alpha value is 1.27. The third-order valence-electron chi connectivity index (χ3n) is 0.443. The predicted octanol–water partition coefficient (Wildman–Crippen LogP) is -0.0244. The maximum Gasteiger partial charge on any atom is 0.324 e. The number of hydrogen-bond acceptors (Lipinski definition) is 2. The minimum Gasteiger partial charge on any atom is -0.326 e. The Bertz CT molecular complexity index is 132. The van der Waals surface area contributed by atoms with Crippen LogP contribution >= 0.6 is 17.7 Å². The molecule has 0 saturated carbocycles. The predicted molar refractivity (Wildman–Crippen MR) is 53.5 cm³/mol. The van der Waals surface area contributed by atoms with Crippen LogP contribution in [0.3, 0.4) is 0 Å². The lowest BCUT2D eigenvalue weighted by Crippen LogP contribution is -2.10. The van der Waals surface area contributed by atoms with Gasteiger partial charge in [0.15, 0.2) is 0 Å². The maximum absolute atomic E-state index is 10.2. The Morgan fingerprint density at radius 1 is 1.30 bits per heavy atom. The second kappa shape index (κ2) is 3.78. The van der Waals surface area contributed by atoms with Gasteiger partial charge in [-0.05, 0) is 25.0 Å². The van der Waals surface area contributed by atoms with Gasteiger partial charge in [-0.25, -0.2) is 9.44 Å². The summed E-state index contributed by atoms with van der Waals surface area (Å²) in [6.45, 7) is 0. The first-order chi connectivity index (χ1) is 3.67. The van der Waals surface area contributed by atoms with Crippen LogP contribution in [0.1, 0.15) is 0 Å². The Balaban J connectivity index is 0. The highest BCUT2D eigenvalue weighted by molar-refractivity contribution is 8.45. The van der Waals surface area contributed by atoms with Gasteiger partial charge in [-0.15, -0.1) is 0 Å². The largest absolute Gasteiger partial charge is 0.326 e. The van der Waals surface area contributed by atoms with E-state index in [1.807, 2.05) is 25.0 Å². The minimum absolute atomic E-state index is 0. The third kappa shape index (κ3) is 12.0. The minimum atomic E-state index is -2.74. The van der Waals surface area contributed by atoms with Crippen molar-refractivity contribution in [2.45, 2.75) is 0 Å². The summed E-state index contributed by atoms with van der Waals surface area (Å²) in [6, 6.07) is 0. The summed E-state index contributed by atoms with van der Waals surface area (Å²) in [6.07, 6.45) is 7.52. The van der Waals surface area contributed by atoms with E-state index >= 15 is 0 Å². The molecule has 0 aliphatic carbocycles. The summed E-state index contributed by atoms with van der Waals surface area (Å²) in [5, 5.41) is 0. The fraction of sp³-hybridized carbons (Fsp3) is 1.00. The van der Waals surface area contributed by atoms with E-state index in [1.54, 1.807) is 0 Å². The van der Waals surface area contributed by atoms with E-state index < -0.39 is 17.7 Å². The molecule has 0 radical (unpaired) electrons. The van der Waals surface area contributed by atoms with Crippen LogP contribution in [0.15, 0.2) is 0 Å². The Kier molecular flexibility index (Phi) is 5.23. The quantitative estimate of drug-likeness (QED) is 0.374. The lowest BCUT2D eigenvalue weighted by Gasteiger charge is -2.45. The normalized spacial score (nSPS) is 18.3. The molecule has 0 fully saturated rings. The summed E-state index contributed by atoms with van der Waals surface area (Å²) in [4.78, 5) is 8.41. The van der Waals surface area contributed by atoms with Crippen molar-refractivity contribution in [3.05, 3.63) is 0 Å². The second-order valence-electron chi connectivity index (χ2n) is 3.77. The van der Waals surface area contributed by atoms with Crippen LogP contribution in [0.2, 0.25) is 0 Å². The van der Waals surface area contributed by atoms with E-state index in [4.69, 9.17) is 8.86 Å². The zero-order valence-electron chi connectivity index (χ0n) is 6.21. The second-order valence-corrected chi connectivity index (χ2v) is 11.9. The molecule has 3 nitrogen and oxygen atoms in total. The van der Waals surface area contributed by atoms with Crippen molar-refractivity contribution in [1.82, 2.24) is 0 Å². The standard InChI is InChI=1S/C4H15O3PS.Mg.2H/c1-9(2,3,4)7-8(5)6;;;/h8-9H,1-4H3,(H,5,6);;;. The number of thiol groups is 1. The summed E-state index contributed by atoms with van der Waals surface area (Å²) >= 11 is 0. The molecule has 1 N–H and O–H groups in total. The van der Waals surface area contributed by atoms with Crippen molar-refractivity contribution in [2.24, 2.45) is 0 Å². The van der Waals surface area contributed by atoms with Crippen LogP contribution in [0.25, 0.3) is 0 Å². The molecule has 0 aromatic heterocycles. The molecule has 0 bridgehead atoms. The highest BCUT2D eigenvalue weighted by atomic mass is 32.3. The number of rotatable bonds is 2. The molecule has 0 saturated heterocycles. The van der Waals surface area contributed by atoms with Gasteiger partial charge in [0.1, 0.15) is 0 Å². The van der Waals surface area contributed by atoms with E-state index in [-0.39, 0.29) is 23.1 Å².